The number of Topliss-reactive ketones (excluding diaryl/α,β-unsaturated/α-hetero) is 1. The molecular formula is C27H23ClN6O2S2. The van der Waals surface area contributed by atoms with Gasteiger partial charge < -0.3 is 11.1 Å². The minimum absolute atomic E-state index is 0.0153. The number of carbonyl (C=O) groups is 2. The fourth-order valence-corrected chi connectivity index (χ4v) is 6.64. The normalized spacial score (nSPS) is 17.3. The third-order valence-electron chi connectivity index (χ3n) is 6.43. The second kappa shape index (κ2) is 11.0. The number of carbonyl (C=O) groups excluding carboxylic acids is 2. The molecule has 5 rings (SSSR count). The predicted molar refractivity (Wildman–Crippen MR) is 150 cm³/mol. The fourth-order valence-electron chi connectivity index (χ4n) is 4.77. The van der Waals surface area contributed by atoms with Crippen molar-refractivity contribution in [2.75, 3.05) is 16.0 Å². The second-order valence-electron chi connectivity index (χ2n) is 8.87. The molecule has 0 bridgehead atoms. The fraction of sp³-hybridized carbons (Fsp3) is 0.222. The Labute approximate surface area is 233 Å². The Kier molecular flexibility index (Phi) is 7.51. The maximum atomic E-state index is 13.3. The van der Waals surface area contributed by atoms with E-state index in [9.17, 15) is 14.9 Å². The third-order valence-corrected chi connectivity index (χ3v) is 8.71. The number of nitrogens with zero attached hydrogens (tertiary/aromatic N) is 4. The number of aromatic nitrogens is 2. The van der Waals surface area contributed by atoms with E-state index in [0.717, 1.165) is 16.8 Å². The van der Waals surface area contributed by atoms with Gasteiger partial charge in [0.1, 0.15) is 5.82 Å². The van der Waals surface area contributed by atoms with Crippen molar-refractivity contribution in [1.29, 1.82) is 5.26 Å². The number of anilines is 2. The van der Waals surface area contributed by atoms with Gasteiger partial charge in [0, 0.05) is 28.4 Å². The summed E-state index contributed by atoms with van der Waals surface area (Å²) in [7, 11) is 0. The molecule has 3 aromatic rings. The molecule has 0 saturated heterocycles. The first-order valence-corrected chi connectivity index (χ1v) is 14.1. The molecule has 38 heavy (non-hydrogen) atoms. The number of benzene rings is 2. The van der Waals surface area contributed by atoms with Crippen molar-refractivity contribution in [3.63, 3.8) is 0 Å². The standard InChI is InChI=1S/C27H23ClN6O2S2/c1-15-6-2-3-9-18(15)23-19(13-29)25(30)34(20-10-5-11-21(35)24(20)23)26-32-33-27(38-26)37-14-22(36)31-17-8-4-7-16(28)12-17/h2-4,6-9,12,23H,5,10-11,14,30H2,1H3,(H,31,36). The zero-order valence-electron chi connectivity index (χ0n) is 20.4. The predicted octanol–water partition coefficient (Wildman–Crippen LogP) is 5.54. The van der Waals surface area contributed by atoms with Crippen molar-refractivity contribution in [2.45, 2.75) is 36.4 Å². The summed E-state index contributed by atoms with van der Waals surface area (Å²) in [6.45, 7) is 1.97. The van der Waals surface area contributed by atoms with Crippen molar-refractivity contribution < 1.29 is 9.59 Å². The number of hydrogen-bond donors (Lipinski definition) is 2. The molecule has 1 aromatic heterocycles. The summed E-state index contributed by atoms with van der Waals surface area (Å²) in [4.78, 5) is 27.4. The van der Waals surface area contributed by atoms with E-state index in [2.05, 4.69) is 21.6 Å². The van der Waals surface area contributed by atoms with Crippen molar-refractivity contribution in [1.82, 2.24) is 10.2 Å². The number of rotatable bonds is 6. The number of nitriles is 1. The van der Waals surface area contributed by atoms with Crippen LogP contribution >= 0.6 is 34.7 Å². The molecule has 192 valence electrons. The molecule has 1 aliphatic heterocycles. The van der Waals surface area contributed by atoms with Crippen LogP contribution in [0.2, 0.25) is 5.02 Å². The molecule has 2 heterocycles. The first kappa shape index (κ1) is 26.0. The minimum Gasteiger partial charge on any atom is -0.384 e. The Morgan fingerprint density at radius 2 is 2.08 bits per heavy atom. The molecule has 0 radical (unpaired) electrons. The van der Waals surface area contributed by atoms with Crippen LogP contribution in [0.1, 0.15) is 36.3 Å². The second-order valence-corrected chi connectivity index (χ2v) is 11.5. The van der Waals surface area contributed by atoms with Crippen LogP contribution in [0.15, 0.2) is 75.5 Å². The number of thioether (sulfide) groups is 1. The Bertz CT molecular complexity index is 1540. The van der Waals surface area contributed by atoms with Gasteiger partial charge in [0.05, 0.1) is 23.3 Å². The van der Waals surface area contributed by atoms with E-state index < -0.39 is 5.92 Å². The minimum atomic E-state index is -0.516. The lowest BCUT2D eigenvalue weighted by Crippen LogP contribution is -2.38. The number of nitrogens with two attached hydrogens (primary N) is 1. The Hall–Kier alpha value is -3.65. The highest BCUT2D eigenvalue weighted by molar-refractivity contribution is 8.01. The van der Waals surface area contributed by atoms with E-state index >= 15 is 0 Å². The van der Waals surface area contributed by atoms with Crippen LogP contribution in [0.5, 0.6) is 0 Å². The van der Waals surface area contributed by atoms with Gasteiger partial charge in [-0.25, -0.2) is 0 Å². The third kappa shape index (κ3) is 5.05. The molecular weight excluding hydrogens is 540 g/mol. The van der Waals surface area contributed by atoms with E-state index in [-0.39, 0.29) is 23.3 Å². The van der Waals surface area contributed by atoms with Crippen LogP contribution in [0.4, 0.5) is 10.8 Å². The average molecular weight is 563 g/mol. The zero-order chi connectivity index (χ0) is 26.8. The SMILES string of the molecule is Cc1ccccc1C1C(C#N)=C(N)N(c2nnc(SCC(=O)Nc3cccc(Cl)c3)s2)C2=C1C(=O)CCC2. The summed E-state index contributed by atoms with van der Waals surface area (Å²) in [6.07, 6.45) is 1.74. The lowest BCUT2D eigenvalue weighted by molar-refractivity contribution is -0.116. The Morgan fingerprint density at radius 1 is 1.26 bits per heavy atom. The van der Waals surface area contributed by atoms with Gasteiger partial charge in [-0.05, 0) is 49.1 Å². The lowest BCUT2D eigenvalue weighted by Gasteiger charge is -2.38. The molecule has 1 unspecified atom stereocenters. The summed E-state index contributed by atoms with van der Waals surface area (Å²) in [5.41, 5.74) is 10.8. The topological polar surface area (TPSA) is 125 Å². The van der Waals surface area contributed by atoms with Crippen LogP contribution < -0.4 is 16.0 Å². The highest BCUT2D eigenvalue weighted by Gasteiger charge is 2.41. The van der Waals surface area contributed by atoms with Gasteiger partial charge in [-0.3, -0.25) is 14.5 Å². The van der Waals surface area contributed by atoms with Crippen LogP contribution in [0, 0.1) is 18.3 Å². The number of halogens is 1. The molecule has 0 fully saturated rings. The van der Waals surface area contributed by atoms with E-state index in [0.29, 0.717) is 50.6 Å². The van der Waals surface area contributed by atoms with Gasteiger partial charge in [-0.1, -0.05) is 65.0 Å². The van der Waals surface area contributed by atoms with Crippen molar-refractivity contribution in [2.24, 2.45) is 5.73 Å². The molecule has 2 aliphatic rings. The van der Waals surface area contributed by atoms with Gasteiger partial charge in [0.2, 0.25) is 11.0 Å². The van der Waals surface area contributed by atoms with E-state index in [1.807, 2.05) is 31.2 Å². The summed E-state index contributed by atoms with van der Waals surface area (Å²) in [5, 5.41) is 22.5. The van der Waals surface area contributed by atoms with Crippen LogP contribution in [-0.4, -0.2) is 27.6 Å². The molecule has 0 spiro atoms. The Morgan fingerprint density at radius 3 is 2.84 bits per heavy atom. The van der Waals surface area contributed by atoms with Crippen molar-refractivity contribution in [3.05, 3.63) is 87.3 Å². The van der Waals surface area contributed by atoms with Crippen molar-refractivity contribution in [3.8, 4) is 6.07 Å². The summed E-state index contributed by atoms with van der Waals surface area (Å²) in [6, 6.07) is 17.0. The molecule has 0 saturated carbocycles. The monoisotopic (exact) mass is 562 g/mol. The van der Waals surface area contributed by atoms with Crippen LogP contribution in [-0.2, 0) is 9.59 Å². The Balaban J connectivity index is 1.43. The van der Waals surface area contributed by atoms with Crippen LogP contribution in [0.25, 0.3) is 0 Å². The van der Waals surface area contributed by atoms with Gasteiger partial charge in [-0.2, -0.15) is 5.26 Å². The molecule has 1 amide bonds. The lowest BCUT2D eigenvalue weighted by atomic mass is 9.75. The highest BCUT2D eigenvalue weighted by atomic mass is 35.5. The largest absolute Gasteiger partial charge is 0.384 e. The maximum absolute atomic E-state index is 13.3. The summed E-state index contributed by atoms with van der Waals surface area (Å²) < 4.78 is 0.567. The number of aryl methyl sites for hydroxylation is 1. The first-order valence-electron chi connectivity index (χ1n) is 11.9. The first-order chi connectivity index (χ1) is 18.4. The van der Waals surface area contributed by atoms with Gasteiger partial charge in [-0.15, -0.1) is 10.2 Å². The smallest absolute Gasteiger partial charge is 0.234 e. The van der Waals surface area contributed by atoms with Crippen molar-refractivity contribution >= 4 is 57.2 Å². The van der Waals surface area contributed by atoms with Gasteiger partial charge in [0.15, 0.2) is 10.1 Å². The van der Waals surface area contributed by atoms with Gasteiger partial charge in [0.25, 0.3) is 0 Å². The average Bonchev–Trinajstić information content (AvgIpc) is 3.36. The quantitative estimate of drug-likeness (QED) is 0.375. The van der Waals surface area contributed by atoms with E-state index in [4.69, 9.17) is 17.3 Å². The maximum Gasteiger partial charge on any atom is 0.234 e. The molecule has 11 heteroatoms. The van der Waals surface area contributed by atoms with E-state index in [1.54, 1.807) is 29.2 Å². The summed E-state index contributed by atoms with van der Waals surface area (Å²) >= 11 is 8.49. The van der Waals surface area contributed by atoms with Gasteiger partial charge >= 0.3 is 0 Å². The number of nitrogens with one attached hydrogen (secondary N) is 1. The number of allylic oxidation sites excluding steroid dienone is 3. The number of hydrogen-bond acceptors (Lipinski definition) is 9. The molecule has 3 N–H and O–H groups in total. The molecule has 1 aliphatic carbocycles. The number of amides is 1. The summed E-state index contributed by atoms with van der Waals surface area (Å²) in [5.74, 6) is -0.334. The van der Waals surface area contributed by atoms with Crippen LogP contribution in [0.3, 0.4) is 0 Å². The van der Waals surface area contributed by atoms with E-state index in [1.165, 1.54) is 23.1 Å². The number of ketones is 1. The highest BCUT2D eigenvalue weighted by Crippen LogP contribution is 2.47. The molecule has 2 aromatic carbocycles. The molecule has 8 nitrogen and oxygen atoms in total. The molecule has 1 atom stereocenters. The zero-order valence-corrected chi connectivity index (χ0v) is 22.8.